The minimum absolute atomic E-state index is 0.0690. The number of esters is 1. The molecule has 28 heavy (non-hydrogen) atoms. The molecule has 146 valence electrons. The molecule has 1 aromatic carbocycles. The quantitative estimate of drug-likeness (QED) is 0.444. The summed E-state index contributed by atoms with van der Waals surface area (Å²) in [6, 6.07) is 6.96. The molecule has 2 heterocycles. The monoisotopic (exact) mass is 388 g/mol. The van der Waals surface area contributed by atoms with Gasteiger partial charge in [-0.3, -0.25) is 24.5 Å². The van der Waals surface area contributed by atoms with E-state index in [2.05, 4.69) is 10.5 Å². The Hall–Kier alpha value is -3.76. The zero-order valence-electron chi connectivity index (χ0n) is 14.8. The van der Waals surface area contributed by atoms with Crippen LogP contribution in [0.2, 0.25) is 0 Å². The number of nitro benzene ring substituents is 1. The number of hydrogen-bond donors (Lipinski definition) is 1. The van der Waals surface area contributed by atoms with Crippen molar-refractivity contribution in [2.24, 2.45) is 5.92 Å². The summed E-state index contributed by atoms with van der Waals surface area (Å²) >= 11 is 0. The summed E-state index contributed by atoms with van der Waals surface area (Å²) in [6.07, 6.45) is -0.0695. The summed E-state index contributed by atoms with van der Waals surface area (Å²) in [5, 5.41) is 16.7. The maximum Gasteiger partial charge on any atom is 0.311 e. The van der Waals surface area contributed by atoms with E-state index in [4.69, 9.17) is 9.26 Å². The highest BCUT2D eigenvalue weighted by atomic mass is 16.6. The number of non-ortho nitro benzene ring substituents is 1. The lowest BCUT2D eigenvalue weighted by molar-refractivity contribution is -0.384. The molecule has 0 spiro atoms. The molecule has 3 rings (SSSR count). The van der Waals surface area contributed by atoms with Crippen LogP contribution in [0.25, 0.3) is 0 Å². The highest BCUT2D eigenvalue weighted by Gasteiger charge is 2.36. The van der Waals surface area contributed by atoms with Crippen LogP contribution in [0.1, 0.15) is 12.2 Å². The van der Waals surface area contributed by atoms with Gasteiger partial charge < -0.3 is 19.5 Å². The lowest BCUT2D eigenvalue weighted by atomic mass is 10.1. The van der Waals surface area contributed by atoms with Crippen molar-refractivity contribution in [1.29, 1.82) is 0 Å². The number of amides is 2. The van der Waals surface area contributed by atoms with Crippen molar-refractivity contribution in [3.8, 4) is 0 Å². The van der Waals surface area contributed by atoms with Crippen molar-refractivity contribution in [3.63, 3.8) is 0 Å². The smallest absolute Gasteiger partial charge is 0.311 e. The van der Waals surface area contributed by atoms with Gasteiger partial charge in [-0.2, -0.15) is 0 Å². The third kappa shape index (κ3) is 4.31. The summed E-state index contributed by atoms with van der Waals surface area (Å²) in [6.45, 7) is 1.21. The Morgan fingerprint density at radius 3 is 2.71 bits per heavy atom. The van der Waals surface area contributed by atoms with Crippen LogP contribution in [-0.4, -0.2) is 41.0 Å². The first-order valence-electron chi connectivity index (χ1n) is 8.28. The molecule has 1 saturated heterocycles. The molecule has 2 aromatic rings. The van der Waals surface area contributed by atoms with Crippen molar-refractivity contribution in [2.45, 2.75) is 13.3 Å². The molecule has 1 aromatic heterocycles. The van der Waals surface area contributed by atoms with E-state index < -0.39 is 29.3 Å². The fourth-order valence-electron chi connectivity index (χ4n) is 2.73. The second-order valence-electron chi connectivity index (χ2n) is 6.16. The molecule has 1 atom stereocenters. The van der Waals surface area contributed by atoms with Gasteiger partial charge >= 0.3 is 5.97 Å². The predicted octanol–water partition coefficient (Wildman–Crippen LogP) is 1.43. The van der Waals surface area contributed by atoms with E-state index in [1.54, 1.807) is 6.92 Å². The first-order chi connectivity index (χ1) is 13.3. The first-order valence-corrected chi connectivity index (χ1v) is 8.28. The largest absolute Gasteiger partial charge is 0.455 e. The Kier molecular flexibility index (Phi) is 5.34. The maximum atomic E-state index is 12.2. The number of benzene rings is 1. The Bertz CT molecular complexity index is 922. The predicted molar refractivity (Wildman–Crippen MR) is 94.4 cm³/mol. The summed E-state index contributed by atoms with van der Waals surface area (Å²) in [5.74, 6) is -1.58. The molecule has 0 aliphatic carbocycles. The molecule has 1 aliphatic heterocycles. The van der Waals surface area contributed by atoms with Crippen LogP contribution in [0.15, 0.2) is 34.9 Å². The van der Waals surface area contributed by atoms with Crippen molar-refractivity contribution in [1.82, 2.24) is 5.16 Å². The fourth-order valence-corrected chi connectivity index (χ4v) is 2.73. The van der Waals surface area contributed by atoms with Crippen molar-refractivity contribution >= 4 is 35.0 Å². The molecule has 0 unspecified atom stereocenters. The normalized spacial score (nSPS) is 16.1. The van der Waals surface area contributed by atoms with E-state index in [1.165, 1.54) is 35.2 Å². The lowest BCUT2D eigenvalue weighted by Crippen LogP contribution is -2.28. The summed E-state index contributed by atoms with van der Waals surface area (Å²) in [7, 11) is 0. The summed E-state index contributed by atoms with van der Waals surface area (Å²) in [4.78, 5) is 47.6. The van der Waals surface area contributed by atoms with Crippen molar-refractivity contribution < 1.29 is 28.6 Å². The van der Waals surface area contributed by atoms with E-state index in [0.717, 1.165) is 0 Å². The second kappa shape index (κ2) is 7.86. The lowest BCUT2D eigenvalue weighted by Gasteiger charge is -2.16. The zero-order valence-corrected chi connectivity index (χ0v) is 14.8. The van der Waals surface area contributed by atoms with Crippen molar-refractivity contribution in [3.05, 3.63) is 46.2 Å². The van der Waals surface area contributed by atoms with E-state index >= 15 is 0 Å². The standard InChI is InChI=1S/C17H16N4O7/c1-10-6-14(19-28-10)18-15(22)9-27-17(24)11-7-16(23)20(8-11)12-2-4-13(5-3-12)21(25)26/h2-6,11H,7-9H2,1H3,(H,18,19,22)/t11-/m1/s1. The van der Waals surface area contributed by atoms with Gasteiger partial charge in [0.05, 0.1) is 10.8 Å². The SMILES string of the molecule is Cc1cc(NC(=O)COC(=O)[C@@H]2CC(=O)N(c3ccc([N+](=O)[O-])cc3)C2)no1. The Balaban J connectivity index is 1.53. The molecule has 2 amide bonds. The summed E-state index contributed by atoms with van der Waals surface area (Å²) < 4.78 is 9.78. The number of nitrogens with one attached hydrogen (secondary N) is 1. The third-order valence-electron chi connectivity index (χ3n) is 4.07. The van der Waals surface area contributed by atoms with Gasteiger partial charge in [-0.15, -0.1) is 0 Å². The molecule has 0 bridgehead atoms. The Morgan fingerprint density at radius 2 is 2.11 bits per heavy atom. The third-order valence-corrected chi connectivity index (χ3v) is 4.07. The highest BCUT2D eigenvalue weighted by molar-refractivity contribution is 6.00. The topological polar surface area (TPSA) is 145 Å². The van der Waals surface area contributed by atoms with E-state index in [-0.39, 0.29) is 30.4 Å². The number of hydrogen-bond acceptors (Lipinski definition) is 8. The van der Waals surface area contributed by atoms with Gasteiger partial charge in [0.2, 0.25) is 5.91 Å². The van der Waals surface area contributed by atoms with Crippen LogP contribution in [0.4, 0.5) is 17.2 Å². The molecule has 0 radical (unpaired) electrons. The zero-order chi connectivity index (χ0) is 20.3. The maximum absolute atomic E-state index is 12.2. The first kappa shape index (κ1) is 19.0. The van der Waals surface area contributed by atoms with Crippen molar-refractivity contribution in [2.75, 3.05) is 23.4 Å². The average molecular weight is 388 g/mol. The molecule has 1 fully saturated rings. The van der Waals surface area contributed by atoms with E-state index in [9.17, 15) is 24.5 Å². The molecule has 1 aliphatic rings. The molecular formula is C17H16N4O7. The van der Waals surface area contributed by atoms with Gasteiger partial charge in [-0.05, 0) is 19.1 Å². The molecule has 0 saturated carbocycles. The average Bonchev–Trinajstić information content (AvgIpc) is 3.25. The van der Waals surface area contributed by atoms with Crippen LogP contribution in [0.3, 0.4) is 0 Å². The number of aryl methyl sites for hydroxylation is 1. The second-order valence-corrected chi connectivity index (χ2v) is 6.16. The minimum atomic E-state index is -0.732. The van der Waals surface area contributed by atoms with Gasteiger partial charge in [0.1, 0.15) is 5.76 Å². The molecular weight excluding hydrogens is 372 g/mol. The molecule has 1 N–H and O–H groups in total. The number of anilines is 2. The van der Waals surface area contributed by atoms with Crippen LogP contribution >= 0.6 is 0 Å². The van der Waals surface area contributed by atoms with Crippen LogP contribution in [0.5, 0.6) is 0 Å². The van der Waals surface area contributed by atoms with Gasteiger partial charge in [-0.1, -0.05) is 5.16 Å². The number of carbonyl (C=O) groups is 3. The van der Waals surface area contributed by atoms with Crippen LogP contribution in [-0.2, 0) is 19.1 Å². The molecule has 11 nitrogen and oxygen atoms in total. The summed E-state index contributed by atoms with van der Waals surface area (Å²) in [5.41, 5.74) is 0.352. The van der Waals surface area contributed by atoms with Crippen LogP contribution in [0, 0.1) is 23.0 Å². The van der Waals surface area contributed by atoms with Gasteiger partial charge in [0.25, 0.3) is 11.6 Å². The molecule has 11 heteroatoms. The number of ether oxygens (including phenoxy) is 1. The van der Waals surface area contributed by atoms with E-state index in [1.807, 2.05) is 0 Å². The number of carbonyl (C=O) groups excluding carboxylic acids is 3. The Labute approximate surface area is 158 Å². The highest BCUT2D eigenvalue weighted by Crippen LogP contribution is 2.27. The number of nitro groups is 1. The van der Waals surface area contributed by atoms with E-state index in [0.29, 0.717) is 11.4 Å². The Morgan fingerprint density at radius 1 is 1.39 bits per heavy atom. The van der Waals surface area contributed by atoms with Crippen LogP contribution < -0.4 is 10.2 Å². The number of rotatable bonds is 6. The fraction of sp³-hybridized carbons (Fsp3) is 0.294. The number of aromatic nitrogens is 1. The van der Waals surface area contributed by atoms with Gasteiger partial charge in [0.15, 0.2) is 12.4 Å². The number of nitrogens with zero attached hydrogens (tertiary/aromatic N) is 3. The minimum Gasteiger partial charge on any atom is -0.455 e. The van der Waals surface area contributed by atoms with Gasteiger partial charge in [-0.25, -0.2) is 0 Å². The van der Waals surface area contributed by atoms with Gasteiger partial charge in [0, 0.05) is 36.9 Å².